The number of ketones is 1. The smallest absolute Gasteiger partial charge is 0.144 e. The third-order valence-corrected chi connectivity index (χ3v) is 4.40. The van der Waals surface area contributed by atoms with Crippen molar-refractivity contribution in [3.63, 3.8) is 0 Å². The van der Waals surface area contributed by atoms with Gasteiger partial charge in [-0.05, 0) is 56.0 Å². The number of aryl methyl sites for hydroxylation is 1. The standard InChI is InChI=1S/C16H22FNO/c1-3-16(7-4-8-18-11-16)15(19)10-13-9-14(17)6-5-12(13)2/h5-6,9,18H,3-4,7-8,10-11H2,1-2H3. The molecule has 2 rings (SSSR count). The second-order valence-electron chi connectivity index (χ2n) is 5.58. The number of carbonyl (C=O) groups is 1. The molecule has 1 aromatic rings. The van der Waals surface area contributed by atoms with Gasteiger partial charge in [0, 0.05) is 18.4 Å². The maximum absolute atomic E-state index is 13.3. The zero-order valence-corrected chi connectivity index (χ0v) is 11.8. The summed E-state index contributed by atoms with van der Waals surface area (Å²) in [5.74, 6) is -0.0170. The number of carbonyl (C=O) groups excluding carboxylic acids is 1. The molecule has 1 aliphatic rings. The third-order valence-electron chi connectivity index (χ3n) is 4.40. The van der Waals surface area contributed by atoms with E-state index in [1.807, 2.05) is 6.92 Å². The Kier molecular flexibility index (Phi) is 4.35. The summed E-state index contributed by atoms with van der Waals surface area (Å²) in [7, 11) is 0. The average Bonchev–Trinajstić information content (AvgIpc) is 2.43. The zero-order valence-electron chi connectivity index (χ0n) is 11.8. The monoisotopic (exact) mass is 263 g/mol. The van der Waals surface area contributed by atoms with E-state index in [9.17, 15) is 9.18 Å². The van der Waals surface area contributed by atoms with Crippen molar-refractivity contribution in [1.29, 1.82) is 0 Å². The summed E-state index contributed by atoms with van der Waals surface area (Å²) in [6, 6.07) is 4.68. The molecule has 0 spiro atoms. The van der Waals surface area contributed by atoms with Crippen LogP contribution in [0.4, 0.5) is 4.39 Å². The second kappa shape index (κ2) is 5.83. The quantitative estimate of drug-likeness (QED) is 0.904. The van der Waals surface area contributed by atoms with Gasteiger partial charge in [0.05, 0.1) is 0 Å². The summed E-state index contributed by atoms with van der Waals surface area (Å²) in [6.07, 6.45) is 3.19. The highest BCUT2D eigenvalue weighted by molar-refractivity contribution is 5.87. The highest BCUT2D eigenvalue weighted by Gasteiger charge is 2.37. The fourth-order valence-electron chi connectivity index (χ4n) is 2.90. The van der Waals surface area contributed by atoms with Crippen LogP contribution < -0.4 is 5.32 Å². The molecule has 0 aliphatic carbocycles. The number of benzene rings is 1. The maximum atomic E-state index is 13.3. The van der Waals surface area contributed by atoms with Crippen molar-refractivity contribution in [3.8, 4) is 0 Å². The number of piperidine rings is 1. The van der Waals surface area contributed by atoms with Gasteiger partial charge in [-0.2, -0.15) is 0 Å². The highest BCUT2D eigenvalue weighted by Crippen LogP contribution is 2.32. The van der Waals surface area contributed by atoms with Gasteiger partial charge in [0.15, 0.2) is 0 Å². The van der Waals surface area contributed by atoms with Crippen LogP contribution >= 0.6 is 0 Å². The van der Waals surface area contributed by atoms with E-state index >= 15 is 0 Å². The SMILES string of the molecule is CCC1(C(=O)Cc2cc(F)ccc2C)CCCNC1. The number of rotatable bonds is 4. The summed E-state index contributed by atoms with van der Waals surface area (Å²) in [6.45, 7) is 5.76. The zero-order chi connectivity index (χ0) is 13.9. The molecule has 1 aromatic carbocycles. The van der Waals surface area contributed by atoms with Gasteiger partial charge in [-0.1, -0.05) is 13.0 Å². The van der Waals surface area contributed by atoms with Crippen molar-refractivity contribution in [2.45, 2.75) is 39.5 Å². The van der Waals surface area contributed by atoms with Gasteiger partial charge in [-0.25, -0.2) is 4.39 Å². The molecule has 19 heavy (non-hydrogen) atoms. The minimum Gasteiger partial charge on any atom is -0.316 e. The first-order valence-electron chi connectivity index (χ1n) is 7.06. The van der Waals surface area contributed by atoms with E-state index in [0.717, 1.165) is 43.5 Å². The molecule has 0 aromatic heterocycles. The van der Waals surface area contributed by atoms with Crippen molar-refractivity contribution in [2.75, 3.05) is 13.1 Å². The minimum absolute atomic E-state index is 0.246. The lowest BCUT2D eigenvalue weighted by atomic mass is 9.73. The first-order chi connectivity index (χ1) is 9.07. The highest BCUT2D eigenvalue weighted by atomic mass is 19.1. The number of halogens is 1. The van der Waals surface area contributed by atoms with E-state index in [1.54, 1.807) is 6.07 Å². The van der Waals surface area contributed by atoms with Gasteiger partial charge in [0.1, 0.15) is 11.6 Å². The van der Waals surface area contributed by atoms with E-state index in [4.69, 9.17) is 0 Å². The molecule has 104 valence electrons. The van der Waals surface area contributed by atoms with Crippen LogP contribution in [0.1, 0.15) is 37.3 Å². The van der Waals surface area contributed by atoms with Crippen LogP contribution in [0.2, 0.25) is 0 Å². The molecule has 1 fully saturated rings. The Balaban J connectivity index is 2.17. The van der Waals surface area contributed by atoms with Crippen molar-refractivity contribution in [1.82, 2.24) is 5.32 Å². The van der Waals surface area contributed by atoms with E-state index in [-0.39, 0.29) is 17.0 Å². The number of nitrogens with one attached hydrogen (secondary N) is 1. The molecule has 1 unspecified atom stereocenters. The molecule has 1 saturated heterocycles. The van der Waals surface area contributed by atoms with E-state index in [2.05, 4.69) is 12.2 Å². The Morgan fingerprint density at radius 3 is 2.89 bits per heavy atom. The molecule has 1 aliphatic heterocycles. The molecule has 1 atom stereocenters. The lowest BCUT2D eigenvalue weighted by Crippen LogP contribution is -2.45. The van der Waals surface area contributed by atoms with Gasteiger partial charge in [0.25, 0.3) is 0 Å². The van der Waals surface area contributed by atoms with Gasteiger partial charge >= 0.3 is 0 Å². The summed E-state index contributed by atoms with van der Waals surface area (Å²) in [4.78, 5) is 12.6. The molecular weight excluding hydrogens is 241 g/mol. The van der Waals surface area contributed by atoms with Crippen molar-refractivity contribution in [2.24, 2.45) is 5.41 Å². The van der Waals surface area contributed by atoms with Crippen LogP contribution in [0, 0.1) is 18.2 Å². The molecule has 1 N–H and O–H groups in total. The number of hydrogen-bond acceptors (Lipinski definition) is 2. The topological polar surface area (TPSA) is 29.1 Å². The number of Topliss-reactive ketones (excluding diaryl/α,β-unsaturated/α-hetero) is 1. The Bertz CT molecular complexity index is 464. The van der Waals surface area contributed by atoms with Crippen molar-refractivity contribution >= 4 is 5.78 Å². The predicted octanol–water partition coefficient (Wildman–Crippen LogP) is 3.03. The molecule has 2 nitrogen and oxygen atoms in total. The Morgan fingerprint density at radius 2 is 2.26 bits per heavy atom. The lowest BCUT2D eigenvalue weighted by Gasteiger charge is -2.35. The fourth-order valence-corrected chi connectivity index (χ4v) is 2.90. The average molecular weight is 263 g/mol. The molecule has 0 amide bonds. The van der Waals surface area contributed by atoms with Crippen LogP contribution in [0.5, 0.6) is 0 Å². The normalized spacial score (nSPS) is 23.3. The molecule has 3 heteroatoms. The Hall–Kier alpha value is -1.22. The maximum Gasteiger partial charge on any atom is 0.144 e. The molecule has 0 bridgehead atoms. The Labute approximate surface area is 114 Å². The largest absolute Gasteiger partial charge is 0.316 e. The number of hydrogen-bond donors (Lipinski definition) is 1. The van der Waals surface area contributed by atoms with Crippen LogP contribution in [0.15, 0.2) is 18.2 Å². The predicted molar refractivity (Wildman–Crippen MR) is 74.7 cm³/mol. The van der Waals surface area contributed by atoms with Gasteiger partial charge in [-0.3, -0.25) is 4.79 Å². The van der Waals surface area contributed by atoms with Gasteiger partial charge in [0.2, 0.25) is 0 Å². The second-order valence-corrected chi connectivity index (χ2v) is 5.58. The first kappa shape index (κ1) is 14.2. The van der Waals surface area contributed by atoms with Gasteiger partial charge in [-0.15, -0.1) is 0 Å². The summed E-state index contributed by atoms with van der Waals surface area (Å²) >= 11 is 0. The molecule has 0 radical (unpaired) electrons. The summed E-state index contributed by atoms with van der Waals surface area (Å²) in [5, 5.41) is 3.32. The van der Waals surface area contributed by atoms with E-state index in [0.29, 0.717) is 6.42 Å². The van der Waals surface area contributed by atoms with Crippen molar-refractivity contribution in [3.05, 3.63) is 35.1 Å². The summed E-state index contributed by atoms with van der Waals surface area (Å²) < 4.78 is 13.3. The first-order valence-corrected chi connectivity index (χ1v) is 7.06. The lowest BCUT2D eigenvalue weighted by molar-refractivity contribution is -0.129. The van der Waals surface area contributed by atoms with E-state index < -0.39 is 0 Å². The van der Waals surface area contributed by atoms with Gasteiger partial charge < -0.3 is 5.32 Å². The molecule has 0 saturated carbocycles. The summed E-state index contributed by atoms with van der Waals surface area (Å²) in [5.41, 5.74) is 1.56. The Morgan fingerprint density at radius 1 is 1.47 bits per heavy atom. The van der Waals surface area contributed by atoms with Crippen molar-refractivity contribution < 1.29 is 9.18 Å². The fraction of sp³-hybridized carbons (Fsp3) is 0.562. The molecular formula is C16H22FNO. The van der Waals surface area contributed by atoms with Crippen LogP contribution in [-0.4, -0.2) is 18.9 Å². The third kappa shape index (κ3) is 3.03. The minimum atomic E-state index is -0.263. The van der Waals surface area contributed by atoms with E-state index in [1.165, 1.54) is 12.1 Å². The molecule has 1 heterocycles. The van der Waals surface area contributed by atoms with Crippen LogP contribution in [0.25, 0.3) is 0 Å². The van der Waals surface area contributed by atoms with Crippen LogP contribution in [-0.2, 0) is 11.2 Å². The van der Waals surface area contributed by atoms with Crippen LogP contribution in [0.3, 0.4) is 0 Å².